The van der Waals surface area contributed by atoms with Crippen molar-refractivity contribution in [1.82, 2.24) is 10.3 Å². The highest BCUT2D eigenvalue weighted by Crippen LogP contribution is 2.32. The number of ether oxygens (including phenoxy) is 2. The van der Waals surface area contributed by atoms with Gasteiger partial charge in [0.15, 0.2) is 5.75 Å². The fraction of sp³-hybridized carbons (Fsp3) is 0.222. The van der Waals surface area contributed by atoms with Gasteiger partial charge in [-0.1, -0.05) is 23.8 Å². The summed E-state index contributed by atoms with van der Waals surface area (Å²) in [6.45, 7) is 3.38. The third kappa shape index (κ3) is 5.28. The molecular weight excluding hydrogens is 328 g/mol. The monoisotopic (exact) mass is 346 g/mol. The van der Waals surface area contributed by atoms with Crippen molar-refractivity contribution in [1.29, 1.82) is 0 Å². The lowest BCUT2D eigenvalue weighted by Gasteiger charge is -2.09. The number of pyridine rings is 1. The van der Waals surface area contributed by atoms with Crippen molar-refractivity contribution in [3.63, 3.8) is 0 Å². The van der Waals surface area contributed by atoms with Crippen LogP contribution in [0.15, 0.2) is 42.6 Å². The first kappa shape index (κ1) is 17.8. The summed E-state index contributed by atoms with van der Waals surface area (Å²) in [5.41, 5.74) is 0.899. The first-order chi connectivity index (χ1) is 11.5. The van der Waals surface area contributed by atoms with E-state index in [9.17, 15) is 4.79 Å². The molecule has 1 atom stereocenters. The first-order valence-corrected chi connectivity index (χ1v) is 7.78. The summed E-state index contributed by atoms with van der Waals surface area (Å²) in [4.78, 5) is 15.2. The molecule has 0 saturated heterocycles. The van der Waals surface area contributed by atoms with Crippen molar-refractivity contribution in [2.45, 2.75) is 19.9 Å². The zero-order chi connectivity index (χ0) is 17.5. The highest BCUT2D eigenvalue weighted by molar-refractivity contribution is 6.32. The lowest BCUT2D eigenvalue weighted by molar-refractivity contribution is -0.119. The molecule has 0 aliphatic carbocycles. The third-order valence-electron chi connectivity index (χ3n) is 3.12. The molecular formula is C18H19ClN2O3. The van der Waals surface area contributed by atoms with Crippen LogP contribution in [0.4, 0.5) is 0 Å². The van der Waals surface area contributed by atoms with Gasteiger partial charge >= 0.3 is 0 Å². The van der Waals surface area contributed by atoms with Gasteiger partial charge in [-0.2, -0.15) is 0 Å². The van der Waals surface area contributed by atoms with Gasteiger partial charge < -0.3 is 14.8 Å². The number of carbonyl (C=O) groups is 1. The van der Waals surface area contributed by atoms with Gasteiger partial charge in [-0.3, -0.25) is 4.79 Å². The van der Waals surface area contributed by atoms with Crippen molar-refractivity contribution < 1.29 is 14.3 Å². The number of hydrogen-bond acceptors (Lipinski definition) is 4. The van der Waals surface area contributed by atoms with Crippen molar-refractivity contribution in [3.8, 4) is 17.4 Å². The summed E-state index contributed by atoms with van der Waals surface area (Å²) in [5, 5.41) is 3.25. The number of nitrogens with zero attached hydrogens (tertiary/aromatic N) is 1. The zero-order valence-electron chi connectivity index (χ0n) is 13.7. The van der Waals surface area contributed by atoms with Crippen LogP contribution >= 0.6 is 11.6 Å². The van der Waals surface area contributed by atoms with Gasteiger partial charge in [0.25, 0.3) is 0 Å². The van der Waals surface area contributed by atoms with E-state index in [4.69, 9.17) is 21.1 Å². The van der Waals surface area contributed by atoms with Crippen LogP contribution in [0, 0.1) is 0 Å². The largest absolute Gasteiger partial charge is 0.497 e. The Kier molecular flexibility index (Phi) is 6.21. The molecule has 24 heavy (non-hydrogen) atoms. The molecule has 0 fully saturated rings. The maximum atomic E-state index is 11.0. The molecule has 1 aromatic heterocycles. The maximum absolute atomic E-state index is 11.0. The second-order valence-electron chi connectivity index (χ2n) is 5.18. The zero-order valence-corrected chi connectivity index (χ0v) is 14.5. The minimum absolute atomic E-state index is 0.0472. The lowest BCUT2D eigenvalue weighted by Crippen LogP contribution is -2.28. The van der Waals surface area contributed by atoms with Crippen LogP contribution in [0.5, 0.6) is 17.4 Å². The predicted octanol–water partition coefficient (Wildman–Crippen LogP) is 4.07. The standard InChI is InChI=1S/C18H19ClN2O3/c1-12(21-13(2)22)4-5-14-6-9-18(20-11-14)24-17-10-15(23-3)7-8-16(17)19/h4-12H,1-3H3,(H,21,22)/b5-4+/t12-/m0/s1. The van der Waals surface area contributed by atoms with Gasteiger partial charge in [0, 0.05) is 31.3 Å². The van der Waals surface area contributed by atoms with Crippen molar-refractivity contribution in [2.75, 3.05) is 7.11 Å². The second kappa shape index (κ2) is 8.36. The number of halogens is 1. The van der Waals surface area contributed by atoms with Crippen LogP contribution in [0.1, 0.15) is 19.4 Å². The van der Waals surface area contributed by atoms with Crippen molar-refractivity contribution in [3.05, 3.63) is 53.2 Å². The number of methoxy groups -OCH3 is 1. The van der Waals surface area contributed by atoms with E-state index in [1.165, 1.54) is 6.92 Å². The molecule has 1 N–H and O–H groups in total. The van der Waals surface area contributed by atoms with E-state index in [2.05, 4.69) is 10.3 Å². The quantitative estimate of drug-likeness (QED) is 0.856. The van der Waals surface area contributed by atoms with E-state index in [0.29, 0.717) is 22.4 Å². The second-order valence-corrected chi connectivity index (χ2v) is 5.58. The molecule has 2 aromatic rings. The molecule has 1 aromatic carbocycles. The molecule has 0 unspecified atom stereocenters. The SMILES string of the molecule is COc1ccc(Cl)c(Oc2ccc(/C=C/[C@H](C)NC(C)=O)cn2)c1. The Morgan fingerprint density at radius 1 is 1.33 bits per heavy atom. The Labute approximate surface area is 146 Å². The highest BCUT2D eigenvalue weighted by Gasteiger charge is 2.06. The summed E-state index contributed by atoms with van der Waals surface area (Å²) in [6, 6.07) is 8.73. The number of benzene rings is 1. The third-order valence-corrected chi connectivity index (χ3v) is 3.43. The van der Waals surface area contributed by atoms with Gasteiger partial charge in [-0.25, -0.2) is 4.98 Å². The average molecular weight is 347 g/mol. The van der Waals surface area contributed by atoms with Crippen LogP contribution < -0.4 is 14.8 Å². The van der Waals surface area contributed by atoms with Crippen LogP contribution in [-0.2, 0) is 4.79 Å². The van der Waals surface area contributed by atoms with Crippen LogP contribution in [0.2, 0.25) is 5.02 Å². The topological polar surface area (TPSA) is 60.5 Å². The average Bonchev–Trinajstić information content (AvgIpc) is 2.55. The fourth-order valence-electron chi connectivity index (χ4n) is 1.98. The fourth-order valence-corrected chi connectivity index (χ4v) is 2.13. The van der Waals surface area contributed by atoms with Crippen molar-refractivity contribution >= 4 is 23.6 Å². The Morgan fingerprint density at radius 3 is 2.75 bits per heavy atom. The van der Waals surface area contributed by atoms with Crippen LogP contribution in [0.25, 0.3) is 6.08 Å². The number of amides is 1. The van der Waals surface area contributed by atoms with Crippen LogP contribution in [0.3, 0.4) is 0 Å². The number of rotatable bonds is 6. The summed E-state index contributed by atoms with van der Waals surface area (Å²) >= 11 is 6.11. The van der Waals surface area contributed by atoms with Crippen molar-refractivity contribution in [2.24, 2.45) is 0 Å². The maximum Gasteiger partial charge on any atom is 0.219 e. The molecule has 1 amide bonds. The Morgan fingerprint density at radius 2 is 2.12 bits per heavy atom. The molecule has 0 bridgehead atoms. The predicted molar refractivity (Wildman–Crippen MR) is 94.6 cm³/mol. The molecule has 0 saturated carbocycles. The molecule has 2 rings (SSSR count). The molecule has 0 aliphatic heterocycles. The minimum Gasteiger partial charge on any atom is -0.497 e. The number of nitrogens with one attached hydrogen (secondary N) is 1. The van der Waals surface area contributed by atoms with E-state index < -0.39 is 0 Å². The van der Waals surface area contributed by atoms with Gasteiger partial charge in [0.1, 0.15) is 5.75 Å². The molecule has 0 aliphatic rings. The van der Waals surface area contributed by atoms with E-state index >= 15 is 0 Å². The molecule has 1 heterocycles. The van der Waals surface area contributed by atoms with E-state index in [0.717, 1.165) is 5.56 Å². The first-order valence-electron chi connectivity index (χ1n) is 7.40. The van der Waals surface area contributed by atoms with Gasteiger partial charge in [0.05, 0.1) is 12.1 Å². The molecule has 5 nitrogen and oxygen atoms in total. The smallest absolute Gasteiger partial charge is 0.219 e. The van der Waals surface area contributed by atoms with E-state index in [1.54, 1.807) is 37.6 Å². The summed E-state index contributed by atoms with van der Waals surface area (Å²) < 4.78 is 10.8. The molecule has 6 heteroatoms. The molecule has 0 radical (unpaired) electrons. The molecule has 126 valence electrons. The van der Waals surface area contributed by atoms with Gasteiger partial charge in [-0.05, 0) is 30.7 Å². The Bertz CT molecular complexity index is 730. The summed E-state index contributed by atoms with van der Waals surface area (Å²) in [6.07, 6.45) is 5.45. The number of hydrogen-bond donors (Lipinski definition) is 1. The Balaban J connectivity index is 2.04. The summed E-state index contributed by atoms with van der Waals surface area (Å²) in [5.74, 6) is 1.49. The minimum atomic E-state index is -0.0656. The van der Waals surface area contributed by atoms with Gasteiger partial charge in [0.2, 0.25) is 11.8 Å². The Hall–Kier alpha value is -2.53. The molecule has 0 spiro atoms. The lowest BCUT2D eigenvalue weighted by atomic mass is 10.2. The van der Waals surface area contributed by atoms with Crippen LogP contribution in [-0.4, -0.2) is 24.0 Å². The number of carbonyl (C=O) groups excluding carboxylic acids is 1. The van der Waals surface area contributed by atoms with E-state index in [1.807, 2.05) is 25.1 Å². The summed E-state index contributed by atoms with van der Waals surface area (Å²) in [7, 11) is 1.58. The van der Waals surface area contributed by atoms with Gasteiger partial charge in [-0.15, -0.1) is 0 Å². The van der Waals surface area contributed by atoms with E-state index in [-0.39, 0.29) is 11.9 Å². The normalized spacial score (nSPS) is 12.0. The highest BCUT2D eigenvalue weighted by atomic mass is 35.5. The number of aromatic nitrogens is 1.